The van der Waals surface area contributed by atoms with Gasteiger partial charge < -0.3 is 4.90 Å². The third-order valence-corrected chi connectivity index (χ3v) is 5.00. The molecule has 0 aromatic heterocycles. The number of rotatable bonds is 4. The van der Waals surface area contributed by atoms with Gasteiger partial charge >= 0.3 is 0 Å². The minimum absolute atomic E-state index is 0.159. The van der Waals surface area contributed by atoms with Gasteiger partial charge in [-0.3, -0.25) is 4.79 Å². The zero-order valence-corrected chi connectivity index (χ0v) is 15.0. The molecule has 110 valence electrons. The molecule has 0 saturated heterocycles. The van der Waals surface area contributed by atoms with Gasteiger partial charge in [-0.1, -0.05) is 46.8 Å². The number of aryl methyl sites for hydroxylation is 1. The molecule has 1 amide bonds. The van der Waals surface area contributed by atoms with Crippen molar-refractivity contribution in [3.8, 4) is 0 Å². The number of carbonyl (C=O) groups excluding carboxylic acids is 1. The Labute approximate surface area is 138 Å². The van der Waals surface area contributed by atoms with E-state index in [-0.39, 0.29) is 5.91 Å². The number of hydrogen-bond donors (Lipinski definition) is 0. The lowest BCUT2D eigenvalue weighted by molar-refractivity contribution is 0.0650. The third kappa shape index (κ3) is 3.85. The molecule has 1 aliphatic rings. The Hall–Kier alpha value is -0.350. The Bertz CT molecular complexity index is 470. The molecule has 0 bridgehead atoms. The number of hydrogen-bond acceptors (Lipinski definition) is 1. The number of benzene rings is 1. The minimum Gasteiger partial charge on any atom is -0.335 e. The van der Waals surface area contributed by atoms with Crippen molar-refractivity contribution in [3.63, 3.8) is 0 Å². The first-order valence-electron chi connectivity index (χ1n) is 7.26. The van der Waals surface area contributed by atoms with E-state index in [1.807, 2.05) is 25.1 Å². The molecule has 0 N–H and O–H groups in total. The first-order chi connectivity index (χ1) is 9.63. The standard InChI is InChI=1S/C16H21Br2NO/c1-12-7-8-15(18)14(11-12)16(20)19(10-9-17)13-5-3-2-4-6-13/h7-8,11,13H,2-6,9-10H2,1H3. The fraction of sp³-hybridized carbons (Fsp3) is 0.562. The van der Waals surface area contributed by atoms with Crippen LogP contribution in [0.3, 0.4) is 0 Å². The lowest BCUT2D eigenvalue weighted by Gasteiger charge is -2.34. The molecule has 4 heteroatoms. The lowest BCUT2D eigenvalue weighted by atomic mass is 9.93. The van der Waals surface area contributed by atoms with E-state index in [1.54, 1.807) is 0 Å². The molecule has 1 aromatic carbocycles. The maximum absolute atomic E-state index is 12.9. The van der Waals surface area contributed by atoms with Gasteiger partial charge in [0, 0.05) is 22.4 Å². The first kappa shape index (κ1) is 16.0. The van der Waals surface area contributed by atoms with E-state index >= 15 is 0 Å². The number of halogens is 2. The number of nitrogens with zero attached hydrogens (tertiary/aromatic N) is 1. The molecule has 0 unspecified atom stereocenters. The van der Waals surface area contributed by atoms with E-state index in [9.17, 15) is 4.79 Å². The van der Waals surface area contributed by atoms with Crippen molar-refractivity contribution in [2.24, 2.45) is 0 Å². The van der Waals surface area contributed by atoms with Gasteiger partial charge in [0.25, 0.3) is 5.91 Å². The summed E-state index contributed by atoms with van der Waals surface area (Å²) in [5.74, 6) is 0.159. The summed E-state index contributed by atoms with van der Waals surface area (Å²) in [5.41, 5.74) is 1.91. The number of alkyl halides is 1. The summed E-state index contributed by atoms with van der Waals surface area (Å²) >= 11 is 7.00. The number of amides is 1. The van der Waals surface area contributed by atoms with E-state index in [0.717, 1.165) is 40.3 Å². The highest BCUT2D eigenvalue weighted by atomic mass is 79.9. The summed E-state index contributed by atoms with van der Waals surface area (Å²) in [5, 5.41) is 0.832. The Morgan fingerprint density at radius 3 is 2.65 bits per heavy atom. The molecule has 1 aromatic rings. The second-order valence-corrected chi connectivity index (χ2v) is 7.11. The fourth-order valence-corrected chi connectivity index (χ4v) is 3.69. The highest BCUT2D eigenvalue weighted by Gasteiger charge is 2.26. The van der Waals surface area contributed by atoms with E-state index in [1.165, 1.54) is 19.3 Å². The average Bonchev–Trinajstić information content (AvgIpc) is 2.47. The number of carbonyl (C=O) groups is 1. The molecular weight excluding hydrogens is 382 g/mol. The minimum atomic E-state index is 0.159. The van der Waals surface area contributed by atoms with Gasteiger partial charge in [-0.2, -0.15) is 0 Å². The smallest absolute Gasteiger partial charge is 0.255 e. The lowest BCUT2D eigenvalue weighted by Crippen LogP contribution is -2.42. The van der Waals surface area contributed by atoms with Crippen LogP contribution in [0.1, 0.15) is 48.0 Å². The van der Waals surface area contributed by atoms with E-state index < -0.39 is 0 Å². The zero-order chi connectivity index (χ0) is 14.5. The summed E-state index contributed by atoms with van der Waals surface area (Å²) < 4.78 is 0.892. The Balaban J connectivity index is 2.23. The van der Waals surface area contributed by atoms with Crippen molar-refractivity contribution < 1.29 is 4.79 Å². The monoisotopic (exact) mass is 401 g/mol. The van der Waals surface area contributed by atoms with Crippen LogP contribution in [0.5, 0.6) is 0 Å². The van der Waals surface area contributed by atoms with Gasteiger partial charge in [0.15, 0.2) is 0 Å². The van der Waals surface area contributed by atoms with Gasteiger partial charge in [-0.25, -0.2) is 0 Å². The predicted octanol–water partition coefficient (Wildman–Crippen LogP) is 4.93. The molecule has 0 aliphatic heterocycles. The van der Waals surface area contributed by atoms with Crippen LogP contribution in [-0.2, 0) is 0 Å². The van der Waals surface area contributed by atoms with Gasteiger partial charge in [0.1, 0.15) is 0 Å². The van der Waals surface area contributed by atoms with Crippen LogP contribution in [0, 0.1) is 6.92 Å². The molecule has 20 heavy (non-hydrogen) atoms. The van der Waals surface area contributed by atoms with Crippen LogP contribution in [-0.4, -0.2) is 28.7 Å². The molecule has 2 nitrogen and oxygen atoms in total. The maximum Gasteiger partial charge on any atom is 0.255 e. The molecular formula is C16H21Br2NO. The topological polar surface area (TPSA) is 20.3 Å². The Morgan fingerprint density at radius 1 is 1.30 bits per heavy atom. The van der Waals surface area contributed by atoms with Gasteiger partial charge in [-0.05, 0) is 47.8 Å². The summed E-state index contributed by atoms with van der Waals surface area (Å²) in [6, 6.07) is 6.38. The van der Waals surface area contributed by atoms with Crippen LogP contribution in [0.15, 0.2) is 22.7 Å². The second-order valence-electron chi connectivity index (χ2n) is 5.46. The fourth-order valence-electron chi connectivity index (χ4n) is 2.89. The van der Waals surface area contributed by atoms with Crippen molar-refractivity contribution in [2.75, 3.05) is 11.9 Å². The summed E-state index contributed by atoms with van der Waals surface area (Å²) in [6.45, 7) is 2.81. The largest absolute Gasteiger partial charge is 0.335 e. The van der Waals surface area contributed by atoms with Crippen LogP contribution < -0.4 is 0 Å². The van der Waals surface area contributed by atoms with Crippen molar-refractivity contribution in [1.82, 2.24) is 4.90 Å². The third-order valence-electron chi connectivity index (χ3n) is 3.95. The first-order valence-corrected chi connectivity index (χ1v) is 9.18. The van der Waals surface area contributed by atoms with Crippen LogP contribution in [0.2, 0.25) is 0 Å². The molecule has 0 radical (unpaired) electrons. The zero-order valence-electron chi connectivity index (χ0n) is 11.9. The molecule has 0 spiro atoms. The maximum atomic E-state index is 12.9. The summed E-state index contributed by atoms with van der Waals surface area (Å²) in [6.07, 6.45) is 6.07. The van der Waals surface area contributed by atoms with Crippen molar-refractivity contribution in [3.05, 3.63) is 33.8 Å². The summed E-state index contributed by atoms with van der Waals surface area (Å²) in [4.78, 5) is 14.9. The van der Waals surface area contributed by atoms with Crippen LogP contribution in [0.4, 0.5) is 0 Å². The SMILES string of the molecule is Cc1ccc(Br)c(C(=O)N(CCBr)C2CCCCC2)c1. The molecule has 0 atom stereocenters. The quantitative estimate of drug-likeness (QED) is 0.654. The molecule has 2 rings (SSSR count). The van der Waals surface area contributed by atoms with Crippen molar-refractivity contribution in [1.29, 1.82) is 0 Å². The predicted molar refractivity (Wildman–Crippen MR) is 90.6 cm³/mol. The van der Waals surface area contributed by atoms with E-state index in [4.69, 9.17) is 0 Å². The van der Waals surface area contributed by atoms with E-state index in [2.05, 4.69) is 36.8 Å². The van der Waals surface area contributed by atoms with Crippen LogP contribution in [0.25, 0.3) is 0 Å². The van der Waals surface area contributed by atoms with E-state index in [0.29, 0.717) is 6.04 Å². The van der Waals surface area contributed by atoms with Gasteiger partial charge in [-0.15, -0.1) is 0 Å². The molecule has 0 heterocycles. The Kier molecular flexibility index (Phi) is 6.09. The van der Waals surface area contributed by atoms with Crippen molar-refractivity contribution in [2.45, 2.75) is 45.1 Å². The molecule has 1 aliphatic carbocycles. The highest BCUT2D eigenvalue weighted by Crippen LogP contribution is 2.26. The normalized spacial score (nSPS) is 16.1. The highest BCUT2D eigenvalue weighted by molar-refractivity contribution is 9.10. The second kappa shape index (κ2) is 7.60. The molecule has 1 fully saturated rings. The van der Waals surface area contributed by atoms with Crippen molar-refractivity contribution >= 4 is 37.8 Å². The van der Waals surface area contributed by atoms with Gasteiger partial charge in [0.2, 0.25) is 0 Å². The summed E-state index contributed by atoms with van der Waals surface area (Å²) in [7, 11) is 0. The van der Waals surface area contributed by atoms with Crippen LogP contribution >= 0.6 is 31.9 Å². The molecule has 1 saturated carbocycles. The van der Waals surface area contributed by atoms with Gasteiger partial charge in [0.05, 0.1) is 5.56 Å². The average molecular weight is 403 g/mol. The Morgan fingerprint density at radius 2 is 2.00 bits per heavy atom.